The Hall–Kier alpha value is -0.970. The first-order chi connectivity index (χ1) is 12.6. The largest absolute Gasteiger partial charge is 0.391 e. The fourth-order valence-corrected chi connectivity index (χ4v) is 7.88. The van der Waals surface area contributed by atoms with E-state index >= 15 is 0 Å². The van der Waals surface area contributed by atoms with Crippen LogP contribution in [0, 0.1) is 34.5 Å². The molecule has 0 saturated heterocycles. The van der Waals surface area contributed by atoms with Crippen molar-refractivity contribution in [2.45, 2.75) is 57.4 Å². The lowest BCUT2D eigenvalue weighted by Gasteiger charge is -2.63. The quantitative estimate of drug-likeness (QED) is 0.708. The molecular formula is C22H29ClO4. The first kappa shape index (κ1) is 19.4. The molecule has 4 nitrogen and oxygen atoms in total. The lowest BCUT2D eigenvalue weighted by atomic mass is 9.46. The highest BCUT2D eigenvalue weighted by atomic mass is 35.5. The molecule has 4 aliphatic rings. The van der Waals surface area contributed by atoms with E-state index < -0.39 is 23.0 Å². The SMILES string of the molecule is C[C@@H]1C[C@H]2[C@@H]3CCC4=CC(=O)C=C[C@]4(C)[C@@]3(Cl)[C@@H](O)C[C@]2(C)[C@H]1C(=O)CO. The van der Waals surface area contributed by atoms with Crippen LogP contribution >= 0.6 is 11.6 Å². The fraction of sp³-hybridized carbons (Fsp3) is 0.727. The third-order valence-electron chi connectivity index (χ3n) is 8.48. The van der Waals surface area contributed by atoms with Gasteiger partial charge in [-0.15, -0.1) is 11.6 Å². The monoisotopic (exact) mass is 392 g/mol. The second kappa shape index (κ2) is 6.01. The summed E-state index contributed by atoms with van der Waals surface area (Å²) < 4.78 is 0. The molecule has 0 bridgehead atoms. The minimum absolute atomic E-state index is 0.0144. The average Bonchev–Trinajstić information content (AvgIpc) is 2.86. The van der Waals surface area contributed by atoms with Gasteiger partial charge in [0.05, 0.1) is 11.0 Å². The molecule has 4 rings (SSSR count). The van der Waals surface area contributed by atoms with Crippen molar-refractivity contribution in [3.63, 3.8) is 0 Å². The van der Waals surface area contributed by atoms with Crippen molar-refractivity contribution >= 4 is 23.2 Å². The number of Topliss-reactive ketones (excluding diaryl/α,β-unsaturated/α-hetero) is 1. The van der Waals surface area contributed by atoms with Gasteiger partial charge in [-0.25, -0.2) is 0 Å². The average molecular weight is 393 g/mol. The van der Waals surface area contributed by atoms with Crippen LogP contribution in [0.4, 0.5) is 0 Å². The fourth-order valence-electron chi connectivity index (χ4n) is 7.36. The second-order valence-corrected chi connectivity index (χ2v) is 10.3. The third-order valence-corrected chi connectivity index (χ3v) is 9.41. The third kappa shape index (κ3) is 2.30. The first-order valence-electron chi connectivity index (χ1n) is 10.0. The Kier molecular flexibility index (Phi) is 4.31. The van der Waals surface area contributed by atoms with Gasteiger partial charge in [0.15, 0.2) is 11.6 Å². The van der Waals surface area contributed by atoms with E-state index in [-0.39, 0.29) is 40.7 Å². The smallest absolute Gasteiger partial charge is 0.178 e. The van der Waals surface area contributed by atoms with Crippen LogP contribution in [0.25, 0.3) is 0 Å². The van der Waals surface area contributed by atoms with Crippen LogP contribution in [0.2, 0.25) is 0 Å². The van der Waals surface area contributed by atoms with E-state index in [0.717, 1.165) is 24.8 Å². The Morgan fingerprint density at radius 3 is 2.70 bits per heavy atom. The number of allylic oxidation sites excluding steroid dienone is 4. The van der Waals surface area contributed by atoms with Gasteiger partial charge in [-0.2, -0.15) is 0 Å². The zero-order valence-electron chi connectivity index (χ0n) is 16.2. The molecule has 0 amide bonds. The van der Waals surface area contributed by atoms with E-state index in [4.69, 9.17) is 11.6 Å². The van der Waals surface area contributed by atoms with Gasteiger partial charge in [-0.1, -0.05) is 32.4 Å². The van der Waals surface area contributed by atoms with E-state index in [1.54, 1.807) is 12.2 Å². The molecule has 3 saturated carbocycles. The number of carbonyl (C=O) groups is 2. The van der Waals surface area contributed by atoms with Crippen molar-refractivity contribution in [2.75, 3.05) is 6.61 Å². The van der Waals surface area contributed by atoms with Crippen molar-refractivity contribution in [1.29, 1.82) is 0 Å². The van der Waals surface area contributed by atoms with Crippen LogP contribution < -0.4 is 0 Å². The van der Waals surface area contributed by atoms with Gasteiger partial charge in [0, 0.05) is 11.3 Å². The van der Waals surface area contributed by atoms with Gasteiger partial charge in [0.2, 0.25) is 0 Å². The van der Waals surface area contributed by atoms with E-state index in [0.29, 0.717) is 6.42 Å². The molecular weight excluding hydrogens is 364 g/mol. The molecule has 0 unspecified atom stereocenters. The van der Waals surface area contributed by atoms with Gasteiger partial charge in [-0.05, 0) is 61.0 Å². The predicted molar refractivity (Wildman–Crippen MR) is 103 cm³/mol. The summed E-state index contributed by atoms with van der Waals surface area (Å²) in [6, 6.07) is 0. The van der Waals surface area contributed by atoms with Crippen LogP contribution in [0.15, 0.2) is 23.8 Å². The lowest BCUT2D eigenvalue weighted by Crippen LogP contribution is -2.66. The standard InChI is InChI=1S/C22H29ClO4/c1-12-8-16-15-5-4-13-9-14(25)6-7-21(13,3)22(15,23)18(27)10-20(16,2)19(12)17(26)11-24/h6-7,9,12,15-16,18-19,24,27H,4-5,8,10-11H2,1-3H3/t12-,15+,16+,18+,19-,20+,21+,22+/m1/s1. The van der Waals surface area contributed by atoms with E-state index in [1.807, 2.05) is 13.0 Å². The molecule has 0 aromatic heterocycles. The molecule has 8 atom stereocenters. The second-order valence-electron chi connectivity index (χ2n) is 9.67. The summed E-state index contributed by atoms with van der Waals surface area (Å²) >= 11 is 7.34. The Morgan fingerprint density at radius 1 is 1.33 bits per heavy atom. The molecule has 148 valence electrons. The number of ketones is 2. The number of aliphatic hydroxyl groups excluding tert-OH is 2. The molecule has 0 aromatic carbocycles. The summed E-state index contributed by atoms with van der Waals surface area (Å²) in [5.74, 6) is 0.0767. The maximum atomic E-state index is 12.5. The highest BCUT2D eigenvalue weighted by Gasteiger charge is 2.70. The van der Waals surface area contributed by atoms with Crippen LogP contribution in [-0.2, 0) is 9.59 Å². The van der Waals surface area contributed by atoms with Crippen molar-refractivity contribution in [2.24, 2.45) is 34.5 Å². The maximum Gasteiger partial charge on any atom is 0.178 e. The predicted octanol–water partition coefficient (Wildman–Crippen LogP) is 3.05. The molecule has 4 aliphatic carbocycles. The minimum atomic E-state index is -0.880. The van der Waals surface area contributed by atoms with E-state index in [2.05, 4.69) is 13.8 Å². The number of carbonyl (C=O) groups excluding carboxylic acids is 2. The van der Waals surface area contributed by atoms with Crippen molar-refractivity contribution in [3.05, 3.63) is 23.8 Å². The Morgan fingerprint density at radius 2 is 2.04 bits per heavy atom. The first-order valence-corrected chi connectivity index (χ1v) is 10.4. The van der Waals surface area contributed by atoms with Gasteiger partial charge in [0.25, 0.3) is 0 Å². The Labute approximate surface area is 165 Å². The van der Waals surface area contributed by atoms with Gasteiger partial charge >= 0.3 is 0 Å². The number of hydrogen-bond acceptors (Lipinski definition) is 4. The van der Waals surface area contributed by atoms with Crippen molar-refractivity contribution < 1.29 is 19.8 Å². The van der Waals surface area contributed by atoms with E-state index in [9.17, 15) is 19.8 Å². The number of halogens is 1. The van der Waals surface area contributed by atoms with Crippen molar-refractivity contribution in [1.82, 2.24) is 0 Å². The number of hydrogen-bond donors (Lipinski definition) is 2. The maximum absolute atomic E-state index is 12.5. The van der Waals surface area contributed by atoms with Gasteiger partial charge in [-0.3, -0.25) is 9.59 Å². The zero-order valence-corrected chi connectivity index (χ0v) is 17.0. The summed E-state index contributed by atoms with van der Waals surface area (Å²) in [5, 5.41) is 20.9. The number of rotatable bonds is 2. The molecule has 0 radical (unpaired) electrons. The summed E-state index contributed by atoms with van der Waals surface area (Å²) in [6.45, 7) is 5.78. The Bertz CT molecular complexity index is 757. The normalized spacial score (nSPS) is 51.3. The summed E-state index contributed by atoms with van der Waals surface area (Å²) in [4.78, 5) is 23.6. The highest BCUT2D eigenvalue weighted by Crippen LogP contribution is 2.70. The molecule has 27 heavy (non-hydrogen) atoms. The molecule has 0 spiro atoms. The molecule has 0 aliphatic heterocycles. The van der Waals surface area contributed by atoms with E-state index in [1.165, 1.54) is 0 Å². The van der Waals surface area contributed by atoms with Gasteiger partial charge < -0.3 is 10.2 Å². The zero-order chi connectivity index (χ0) is 19.8. The topological polar surface area (TPSA) is 74.6 Å². The molecule has 2 N–H and O–H groups in total. The van der Waals surface area contributed by atoms with Crippen molar-refractivity contribution in [3.8, 4) is 0 Å². The summed E-state index contributed by atoms with van der Waals surface area (Å²) in [7, 11) is 0. The van der Waals surface area contributed by atoms with Crippen LogP contribution in [0.3, 0.4) is 0 Å². The molecule has 5 heteroatoms. The lowest BCUT2D eigenvalue weighted by molar-refractivity contribution is -0.138. The summed E-state index contributed by atoms with van der Waals surface area (Å²) in [5.41, 5.74) is 0.0972. The molecule has 3 fully saturated rings. The number of aliphatic hydroxyl groups is 2. The van der Waals surface area contributed by atoms with Gasteiger partial charge in [0.1, 0.15) is 6.61 Å². The molecule has 0 aromatic rings. The van der Waals surface area contributed by atoms with Crippen LogP contribution in [0.5, 0.6) is 0 Å². The molecule has 0 heterocycles. The minimum Gasteiger partial charge on any atom is -0.391 e. The van der Waals surface area contributed by atoms with Crippen LogP contribution in [0.1, 0.15) is 46.5 Å². The number of fused-ring (bicyclic) bond motifs is 5. The van der Waals surface area contributed by atoms with Crippen LogP contribution in [-0.4, -0.2) is 39.4 Å². The Balaban J connectivity index is 1.80. The summed E-state index contributed by atoms with van der Waals surface area (Å²) in [6.07, 6.45) is 7.32. The number of alkyl halides is 1. The highest BCUT2D eigenvalue weighted by molar-refractivity contribution is 6.26.